The smallest absolute Gasteiger partial charge is 0.244 e. The molecule has 6 nitrogen and oxygen atoms in total. The Morgan fingerprint density at radius 2 is 1.80 bits per heavy atom. The zero-order chi connectivity index (χ0) is 21.4. The lowest BCUT2D eigenvalue weighted by Gasteiger charge is -2.57. The van der Waals surface area contributed by atoms with Gasteiger partial charge in [-0.1, -0.05) is 6.07 Å². The average molecular weight is 433 g/mol. The number of rotatable bonds is 8. The first-order valence-corrected chi connectivity index (χ1v) is 12.4. The Morgan fingerprint density at radius 3 is 2.37 bits per heavy atom. The van der Waals surface area contributed by atoms with Crippen molar-refractivity contribution in [1.29, 1.82) is 0 Å². The number of ether oxygens (including phenoxy) is 1. The molecule has 0 saturated heterocycles. The highest BCUT2D eigenvalue weighted by atomic mass is 32.2. The van der Waals surface area contributed by atoms with E-state index in [1.807, 2.05) is 0 Å². The largest absolute Gasteiger partial charge is 0.495 e. The van der Waals surface area contributed by atoms with Crippen molar-refractivity contribution < 1.29 is 17.9 Å². The van der Waals surface area contributed by atoms with Crippen molar-refractivity contribution in [3.8, 4) is 5.75 Å². The summed E-state index contributed by atoms with van der Waals surface area (Å²) in [6.45, 7) is 0.706. The molecule has 4 aliphatic carbocycles. The number of hydrogen-bond acceptors (Lipinski definition) is 4. The first kappa shape index (κ1) is 21.4. The predicted molar refractivity (Wildman–Crippen MR) is 117 cm³/mol. The Hall–Kier alpha value is -1.86. The van der Waals surface area contributed by atoms with Crippen LogP contribution in [0, 0.1) is 23.2 Å². The van der Waals surface area contributed by atoms with Gasteiger partial charge in [0.25, 0.3) is 0 Å². The van der Waals surface area contributed by atoms with Crippen LogP contribution in [0.25, 0.3) is 6.08 Å². The first-order chi connectivity index (χ1) is 14.3. The quantitative estimate of drug-likeness (QED) is 0.617. The van der Waals surface area contributed by atoms with E-state index in [0.29, 0.717) is 17.5 Å². The van der Waals surface area contributed by atoms with Crippen LogP contribution in [0.4, 0.5) is 0 Å². The molecule has 164 valence electrons. The van der Waals surface area contributed by atoms with Crippen molar-refractivity contribution in [2.75, 3.05) is 20.7 Å². The van der Waals surface area contributed by atoms with E-state index in [2.05, 4.69) is 10.0 Å². The second kappa shape index (κ2) is 8.35. The van der Waals surface area contributed by atoms with Gasteiger partial charge in [0.1, 0.15) is 10.6 Å². The normalized spacial score (nSPS) is 30.0. The lowest BCUT2D eigenvalue weighted by atomic mass is 9.49. The van der Waals surface area contributed by atoms with Gasteiger partial charge in [-0.2, -0.15) is 0 Å². The van der Waals surface area contributed by atoms with Crippen molar-refractivity contribution in [1.82, 2.24) is 10.0 Å². The van der Waals surface area contributed by atoms with Gasteiger partial charge >= 0.3 is 0 Å². The highest BCUT2D eigenvalue weighted by Gasteiger charge is 2.50. The van der Waals surface area contributed by atoms with Crippen LogP contribution in [0.2, 0.25) is 0 Å². The fourth-order valence-corrected chi connectivity index (χ4v) is 7.32. The Labute approximate surface area is 179 Å². The van der Waals surface area contributed by atoms with Gasteiger partial charge < -0.3 is 10.1 Å². The summed E-state index contributed by atoms with van der Waals surface area (Å²) >= 11 is 0. The van der Waals surface area contributed by atoms with Gasteiger partial charge in [0.2, 0.25) is 15.9 Å². The van der Waals surface area contributed by atoms with Gasteiger partial charge in [0.05, 0.1) is 7.11 Å². The Kier molecular flexibility index (Phi) is 5.95. The maximum atomic E-state index is 12.3. The van der Waals surface area contributed by atoms with Crippen LogP contribution in [0.3, 0.4) is 0 Å². The highest BCUT2D eigenvalue weighted by Crippen LogP contribution is 2.61. The number of nitrogens with one attached hydrogen (secondary N) is 2. The molecule has 7 heteroatoms. The van der Waals surface area contributed by atoms with E-state index in [-0.39, 0.29) is 16.6 Å². The fraction of sp³-hybridized carbons (Fsp3) is 0.609. The Bertz CT molecular complexity index is 903. The summed E-state index contributed by atoms with van der Waals surface area (Å²) in [6.07, 6.45) is 12.5. The van der Waals surface area contributed by atoms with E-state index in [1.165, 1.54) is 64.8 Å². The summed E-state index contributed by atoms with van der Waals surface area (Å²) in [6, 6.07) is 4.82. The number of benzene rings is 1. The number of hydrogen-bond donors (Lipinski definition) is 2. The molecule has 2 N–H and O–H groups in total. The van der Waals surface area contributed by atoms with E-state index >= 15 is 0 Å². The van der Waals surface area contributed by atoms with Crippen LogP contribution in [0.1, 0.15) is 50.5 Å². The first-order valence-electron chi connectivity index (χ1n) is 10.9. The zero-order valence-corrected chi connectivity index (χ0v) is 18.6. The molecule has 4 fully saturated rings. The van der Waals surface area contributed by atoms with Crippen LogP contribution in [-0.2, 0) is 14.8 Å². The summed E-state index contributed by atoms with van der Waals surface area (Å²) in [7, 11) is -0.865. The molecule has 4 saturated carbocycles. The van der Waals surface area contributed by atoms with Crippen molar-refractivity contribution in [2.45, 2.75) is 49.8 Å². The summed E-state index contributed by atoms with van der Waals surface area (Å²) in [4.78, 5) is 12.4. The number of methoxy groups -OCH3 is 1. The van der Waals surface area contributed by atoms with Gasteiger partial charge in [-0.05, 0) is 98.9 Å². The Balaban J connectivity index is 1.34. The molecule has 4 bridgehead atoms. The zero-order valence-electron chi connectivity index (χ0n) is 17.8. The molecule has 0 unspecified atom stereocenters. The van der Waals surface area contributed by atoms with Crippen LogP contribution < -0.4 is 14.8 Å². The lowest BCUT2D eigenvalue weighted by Crippen LogP contribution is -2.47. The predicted octanol–water partition coefficient (Wildman–Crippen LogP) is 3.34. The third kappa shape index (κ3) is 4.42. The van der Waals surface area contributed by atoms with E-state index in [0.717, 1.165) is 24.2 Å². The number of carbonyl (C=O) groups is 1. The molecule has 0 radical (unpaired) electrons. The van der Waals surface area contributed by atoms with E-state index < -0.39 is 10.0 Å². The molecule has 0 atom stereocenters. The molecule has 4 aliphatic rings. The van der Waals surface area contributed by atoms with Gasteiger partial charge in [0.15, 0.2) is 0 Å². The molecular formula is C23H32N2O4S. The van der Waals surface area contributed by atoms with Gasteiger partial charge in [-0.15, -0.1) is 0 Å². The molecule has 1 amide bonds. The molecule has 0 aromatic heterocycles. The summed E-state index contributed by atoms with van der Waals surface area (Å²) in [5, 5.41) is 3.03. The molecule has 0 heterocycles. The van der Waals surface area contributed by atoms with Crippen LogP contribution in [0.5, 0.6) is 5.75 Å². The topological polar surface area (TPSA) is 84.5 Å². The van der Waals surface area contributed by atoms with Crippen molar-refractivity contribution in [3.05, 3.63) is 29.8 Å². The molecular weight excluding hydrogens is 400 g/mol. The standard InChI is InChI=1S/C23H32N2O4S/c1-24-30(27,28)21-12-16(3-5-20(21)29-2)4-6-22(26)25-8-7-23-13-17-9-18(14-23)11-19(10-17)15-23/h3-6,12,17-19,24H,7-11,13-15H2,1-2H3,(H,25,26)/b6-4+. The molecule has 5 rings (SSSR count). The van der Waals surface area contributed by atoms with Gasteiger partial charge in [-0.3, -0.25) is 4.79 Å². The maximum Gasteiger partial charge on any atom is 0.244 e. The summed E-state index contributed by atoms with van der Waals surface area (Å²) in [5.74, 6) is 2.88. The number of carbonyl (C=O) groups excluding carboxylic acids is 1. The van der Waals surface area contributed by atoms with E-state index in [9.17, 15) is 13.2 Å². The second-order valence-electron chi connectivity index (χ2n) is 9.41. The van der Waals surface area contributed by atoms with Crippen LogP contribution >= 0.6 is 0 Å². The lowest BCUT2D eigenvalue weighted by molar-refractivity contribution is -0.116. The third-order valence-corrected chi connectivity index (χ3v) is 8.73. The minimum atomic E-state index is -3.65. The number of amides is 1. The van der Waals surface area contributed by atoms with Crippen molar-refractivity contribution in [3.63, 3.8) is 0 Å². The van der Waals surface area contributed by atoms with E-state index in [1.54, 1.807) is 18.2 Å². The monoisotopic (exact) mass is 432 g/mol. The highest BCUT2D eigenvalue weighted by molar-refractivity contribution is 7.89. The number of sulfonamides is 1. The van der Waals surface area contributed by atoms with Gasteiger partial charge in [-0.25, -0.2) is 13.1 Å². The molecule has 0 spiro atoms. The fourth-order valence-electron chi connectivity index (χ4n) is 6.39. The van der Waals surface area contributed by atoms with E-state index in [4.69, 9.17) is 4.74 Å². The van der Waals surface area contributed by atoms with Crippen LogP contribution in [-0.4, -0.2) is 35.0 Å². The molecule has 0 aliphatic heterocycles. The molecule has 1 aromatic carbocycles. The summed E-state index contributed by atoms with van der Waals surface area (Å²) in [5.41, 5.74) is 1.08. The third-order valence-electron chi connectivity index (χ3n) is 7.29. The average Bonchev–Trinajstić information content (AvgIpc) is 2.71. The molecule has 1 aromatic rings. The SMILES string of the molecule is CNS(=O)(=O)c1cc(/C=C/C(=O)NCCC23CC4CC(CC(C4)C2)C3)ccc1OC. The van der Waals surface area contributed by atoms with Crippen molar-refractivity contribution in [2.24, 2.45) is 23.2 Å². The maximum absolute atomic E-state index is 12.3. The van der Waals surface area contributed by atoms with Gasteiger partial charge in [0, 0.05) is 12.6 Å². The second-order valence-corrected chi connectivity index (χ2v) is 11.3. The summed E-state index contributed by atoms with van der Waals surface area (Å²) < 4.78 is 31.8. The minimum Gasteiger partial charge on any atom is -0.495 e. The van der Waals surface area contributed by atoms with Crippen molar-refractivity contribution >= 4 is 22.0 Å². The molecule has 30 heavy (non-hydrogen) atoms. The Morgan fingerprint density at radius 1 is 1.17 bits per heavy atom. The van der Waals surface area contributed by atoms with Crippen LogP contribution in [0.15, 0.2) is 29.2 Å². The minimum absolute atomic E-state index is 0.0527.